The number of carboxylic acid groups (broad SMARTS) is 1. The lowest BCUT2D eigenvalue weighted by molar-refractivity contribution is -0.187. The molecule has 0 bridgehead atoms. The molecule has 4 heteroatoms. The van der Waals surface area contributed by atoms with Crippen LogP contribution in [-0.2, 0) is 16.1 Å². The molecule has 1 N–H and O–H groups in total. The Morgan fingerprint density at radius 3 is 2.61 bits per heavy atom. The molecule has 0 amide bonds. The Morgan fingerprint density at radius 2 is 2.06 bits per heavy atom. The number of carbonyl (C=O) groups is 1. The molecule has 0 heterocycles. The number of benzene rings is 1. The van der Waals surface area contributed by atoms with Crippen LogP contribution in [0.1, 0.15) is 25.3 Å². The molecule has 0 spiro atoms. The van der Waals surface area contributed by atoms with E-state index in [1.165, 1.54) is 5.06 Å². The van der Waals surface area contributed by atoms with Gasteiger partial charge in [0, 0.05) is 13.5 Å². The van der Waals surface area contributed by atoms with Gasteiger partial charge in [-0.15, -0.1) is 0 Å². The van der Waals surface area contributed by atoms with Crippen LogP contribution in [0.15, 0.2) is 30.3 Å². The van der Waals surface area contributed by atoms with E-state index in [1.54, 1.807) is 7.05 Å². The van der Waals surface area contributed by atoms with Crippen LogP contribution in [0.5, 0.6) is 0 Å². The minimum absolute atomic E-state index is 0.443. The summed E-state index contributed by atoms with van der Waals surface area (Å²) in [6.07, 6.45) is 2.41. The Morgan fingerprint density at radius 1 is 1.39 bits per heavy atom. The van der Waals surface area contributed by atoms with Gasteiger partial charge in [-0.25, -0.2) is 0 Å². The number of nitrogens with zero attached hydrogens (tertiary/aromatic N) is 1. The fourth-order valence-corrected chi connectivity index (χ4v) is 1.65. The summed E-state index contributed by atoms with van der Waals surface area (Å²) in [4.78, 5) is 16.7. The van der Waals surface area contributed by atoms with E-state index in [-0.39, 0.29) is 0 Å². The van der Waals surface area contributed by atoms with E-state index in [1.807, 2.05) is 30.3 Å². The number of hydroxylamine groups is 2. The van der Waals surface area contributed by atoms with Crippen molar-refractivity contribution in [3.05, 3.63) is 35.9 Å². The average Bonchev–Trinajstić information content (AvgIpc) is 2.37. The Balaban J connectivity index is 2.57. The summed E-state index contributed by atoms with van der Waals surface area (Å²) in [5.74, 6) is -0.863. The van der Waals surface area contributed by atoms with Crippen molar-refractivity contribution in [1.29, 1.82) is 0 Å². The zero-order valence-corrected chi connectivity index (χ0v) is 11.0. The topological polar surface area (TPSA) is 49.8 Å². The number of unbranched alkanes of at least 4 members (excludes halogenated alkanes) is 1. The van der Waals surface area contributed by atoms with Gasteiger partial charge in [0.2, 0.25) is 0 Å². The molecular formula is C14H21NO3. The van der Waals surface area contributed by atoms with Crippen molar-refractivity contribution in [2.75, 3.05) is 13.7 Å². The second kappa shape index (κ2) is 7.84. The van der Waals surface area contributed by atoms with Crippen LogP contribution in [0.3, 0.4) is 0 Å². The van der Waals surface area contributed by atoms with Crippen LogP contribution in [-0.4, -0.2) is 35.8 Å². The summed E-state index contributed by atoms with van der Waals surface area (Å²) in [5, 5.41) is 10.7. The summed E-state index contributed by atoms with van der Waals surface area (Å²) in [6.45, 7) is 2.63. The van der Waals surface area contributed by atoms with E-state index in [4.69, 9.17) is 4.84 Å². The average molecular weight is 251 g/mol. The second-order valence-electron chi connectivity index (χ2n) is 4.28. The summed E-state index contributed by atoms with van der Waals surface area (Å²) in [7, 11) is 1.68. The molecule has 4 nitrogen and oxygen atoms in total. The molecule has 1 rings (SSSR count). The lowest BCUT2D eigenvalue weighted by Gasteiger charge is -2.24. The maximum absolute atomic E-state index is 11.3. The summed E-state index contributed by atoms with van der Waals surface area (Å²) < 4.78 is 0. The van der Waals surface area contributed by atoms with Crippen molar-refractivity contribution >= 4 is 5.97 Å². The summed E-state index contributed by atoms with van der Waals surface area (Å²) in [5.41, 5.74) is 0.996. The van der Waals surface area contributed by atoms with Crippen LogP contribution >= 0.6 is 0 Å². The molecule has 1 aromatic carbocycles. The third-order valence-corrected chi connectivity index (χ3v) is 2.79. The van der Waals surface area contributed by atoms with Crippen molar-refractivity contribution in [2.24, 2.45) is 0 Å². The molecule has 0 aliphatic heterocycles. The van der Waals surface area contributed by atoms with Gasteiger partial charge in [0.1, 0.15) is 6.04 Å². The van der Waals surface area contributed by atoms with Crippen LogP contribution in [0.25, 0.3) is 0 Å². The molecule has 0 radical (unpaired) electrons. The first-order valence-corrected chi connectivity index (χ1v) is 6.27. The van der Waals surface area contributed by atoms with E-state index >= 15 is 0 Å². The largest absolute Gasteiger partial charge is 0.480 e. The number of likely N-dealkylation sites (N-methyl/N-ethyl adjacent to an activating group) is 1. The van der Waals surface area contributed by atoms with Gasteiger partial charge in [-0.05, 0) is 12.0 Å². The molecule has 1 unspecified atom stereocenters. The van der Waals surface area contributed by atoms with E-state index in [9.17, 15) is 9.90 Å². The van der Waals surface area contributed by atoms with Gasteiger partial charge in [-0.3, -0.25) is 9.63 Å². The van der Waals surface area contributed by atoms with Gasteiger partial charge in [0.15, 0.2) is 0 Å². The SMILES string of the molecule is CCCCON(C)C(Cc1ccccc1)C(=O)O. The van der Waals surface area contributed by atoms with Crippen molar-refractivity contribution in [2.45, 2.75) is 32.2 Å². The summed E-state index contributed by atoms with van der Waals surface area (Å²) in [6, 6.07) is 8.94. The fraction of sp³-hybridized carbons (Fsp3) is 0.500. The predicted octanol–water partition coefficient (Wildman–Crippen LogP) is 2.35. The Hall–Kier alpha value is -1.39. The maximum atomic E-state index is 11.3. The highest BCUT2D eigenvalue weighted by atomic mass is 16.7. The van der Waals surface area contributed by atoms with Crippen LogP contribution in [0.4, 0.5) is 0 Å². The molecule has 0 aliphatic carbocycles. The molecule has 0 saturated carbocycles. The molecule has 0 aliphatic rings. The zero-order chi connectivity index (χ0) is 13.4. The van der Waals surface area contributed by atoms with Gasteiger partial charge in [0.25, 0.3) is 0 Å². The first kappa shape index (κ1) is 14.7. The molecule has 0 fully saturated rings. The summed E-state index contributed by atoms with van der Waals surface area (Å²) >= 11 is 0. The van der Waals surface area contributed by atoms with Crippen LogP contribution in [0, 0.1) is 0 Å². The Bertz CT molecular complexity index is 353. The van der Waals surface area contributed by atoms with Gasteiger partial charge in [-0.1, -0.05) is 43.7 Å². The van der Waals surface area contributed by atoms with E-state index in [0.717, 1.165) is 18.4 Å². The fourth-order valence-electron chi connectivity index (χ4n) is 1.65. The van der Waals surface area contributed by atoms with E-state index < -0.39 is 12.0 Å². The number of hydrogen-bond acceptors (Lipinski definition) is 3. The number of carboxylic acids is 1. The van der Waals surface area contributed by atoms with Gasteiger partial charge in [-0.2, -0.15) is 5.06 Å². The van der Waals surface area contributed by atoms with Gasteiger partial charge in [0.05, 0.1) is 6.61 Å². The predicted molar refractivity (Wildman–Crippen MR) is 70.2 cm³/mol. The Labute approximate surface area is 108 Å². The lowest BCUT2D eigenvalue weighted by atomic mass is 10.1. The van der Waals surface area contributed by atoms with E-state index in [2.05, 4.69) is 6.92 Å². The zero-order valence-electron chi connectivity index (χ0n) is 11.0. The standard InChI is InChI=1S/C14H21NO3/c1-3-4-10-18-15(2)13(14(16)17)11-12-8-6-5-7-9-12/h5-9,13H,3-4,10-11H2,1-2H3,(H,16,17). The first-order chi connectivity index (χ1) is 8.65. The van der Waals surface area contributed by atoms with Gasteiger partial charge >= 0.3 is 5.97 Å². The van der Waals surface area contributed by atoms with Crippen LogP contribution < -0.4 is 0 Å². The monoisotopic (exact) mass is 251 g/mol. The quantitative estimate of drug-likeness (QED) is 0.569. The molecular weight excluding hydrogens is 230 g/mol. The van der Waals surface area contributed by atoms with E-state index in [0.29, 0.717) is 13.0 Å². The molecule has 18 heavy (non-hydrogen) atoms. The van der Waals surface area contributed by atoms with Crippen LogP contribution in [0.2, 0.25) is 0 Å². The minimum atomic E-state index is -0.863. The molecule has 0 aromatic heterocycles. The highest BCUT2D eigenvalue weighted by molar-refractivity contribution is 5.73. The third kappa shape index (κ3) is 4.85. The van der Waals surface area contributed by atoms with Gasteiger partial charge < -0.3 is 5.11 Å². The number of hydrogen-bond donors (Lipinski definition) is 1. The normalized spacial score (nSPS) is 12.6. The molecule has 1 aromatic rings. The number of aliphatic carboxylic acids is 1. The number of rotatable bonds is 8. The maximum Gasteiger partial charge on any atom is 0.323 e. The first-order valence-electron chi connectivity index (χ1n) is 6.27. The minimum Gasteiger partial charge on any atom is -0.480 e. The Kier molecular flexibility index (Phi) is 6.39. The second-order valence-corrected chi connectivity index (χ2v) is 4.28. The highest BCUT2D eigenvalue weighted by Gasteiger charge is 2.23. The molecule has 100 valence electrons. The molecule has 1 atom stereocenters. The third-order valence-electron chi connectivity index (χ3n) is 2.79. The smallest absolute Gasteiger partial charge is 0.323 e. The lowest BCUT2D eigenvalue weighted by Crippen LogP contribution is -2.40. The van der Waals surface area contributed by atoms with Crippen molar-refractivity contribution in [1.82, 2.24) is 5.06 Å². The van der Waals surface area contributed by atoms with Crippen molar-refractivity contribution in [3.63, 3.8) is 0 Å². The van der Waals surface area contributed by atoms with Crippen molar-refractivity contribution in [3.8, 4) is 0 Å². The molecule has 0 saturated heterocycles. The highest BCUT2D eigenvalue weighted by Crippen LogP contribution is 2.09. The van der Waals surface area contributed by atoms with Crippen molar-refractivity contribution < 1.29 is 14.7 Å².